The van der Waals surface area contributed by atoms with Crippen molar-refractivity contribution >= 4 is 16.9 Å². The van der Waals surface area contributed by atoms with Gasteiger partial charge in [0.05, 0.1) is 11.9 Å². The van der Waals surface area contributed by atoms with Gasteiger partial charge in [-0.3, -0.25) is 0 Å². The third kappa shape index (κ3) is 2.30. The molecule has 0 aliphatic rings. The Hall–Kier alpha value is -2.56. The minimum absolute atomic E-state index is 0.264. The van der Waals surface area contributed by atoms with E-state index < -0.39 is 0 Å². The lowest BCUT2D eigenvalue weighted by atomic mass is 10.1. The minimum Gasteiger partial charge on any atom is -0.484 e. The van der Waals surface area contributed by atoms with E-state index in [1.54, 1.807) is 12.3 Å². The predicted molar refractivity (Wildman–Crippen MR) is 76.5 cm³/mol. The number of ether oxygens (including phenoxy) is 1. The van der Waals surface area contributed by atoms with E-state index in [9.17, 15) is 0 Å². The van der Waals surface area contributed by atoms with Crippen molar-refractivity contribution in [2.75, 3.05) is 5.73 Å². The molecule has 0 radical (unpaired) electrons. The fourth-order valence-electron chi connectivity index (χ4n) is 1.97. The molecule has 2 N–H and O–H groups in total. The summed E-state index contributed by atoms with van der Waals surface area (Å²) in [4.78, 5) is 8.38. The highest BCUT2D eigenvalue weighted by Crippen LogP contribution is 2.22. The summed E-state index contributed by atoms with van der Waals surface area (Å²) in [6.07, 6.45) is 1.54. The maximum Gasteiger partial charge on any atom is 0.247 e. The molecular formula is C15H15N3O2. The number of fused-ring (bicyclic) bond motifs is 1. The Morgan fingerprint density at radius 3 is 3.00 bits per heavy atom. The van der Waals surface area contributed by atoms with Gasteiger partial charge in [0.1, 0.15) is 11.3 Å². The second-order valence-corrected chi connectivity index (χ2v) is 4.69. The maximum atomic E-state index is 5.75. The molecule has 2 aromatic heterocycles. The first-order chi connectivity index (χ1) is 9.63. The highest BCUT2D eigenvalue weighted by molar-refractivity contribution is 5.71. The molecule has 20 heavy (non-hydrogen) atoms. The zero-order valence-electron chi connectivity index (χ0n) is 11.4. The number of hydrogen-bond donors (Lipinski definition) is 1. The van der Waals surface area contributed by atoms with Crippen molar-refractivity contribution in [3.05, 3.63) is 47.5 Å². The van der Waals surface area contributed by atoms with Gasteiger partial charge in [-0.25, -0.2) is 9.97 Å². The topological polar surface area (TPSA) is 74.2 Å². The number of rotatable bonds is 3. The third-order valence-corrected chi connectivity index (χ3v) is 3.22. The molecule has 0 spiro atoms. The third-order valence-electron chi connectivity index (χ3n) is 3.22. The Morgan fingerprint density at radius 2 is 2.15 bits per heavy atom. The van der Waals surface area contributed by atoms with Crippen molar-refractivity contribution in [1.29, 1.82) is 0 Å². The van der Waals surface area contributed by atoms with Gasteiger partial charge in [-0.05, 0) is 37.1 Å². The Kier molecular flexibility index (Phi) is 3.02. The molecule has 0 amide bonds. The van der Waals surface area contributed by atoms with Gasteiger partial charge in [0.15, 0.2) is 6.61 Å². The van der Waals surface area contributed by atoms with E-state index in [4.69, 9.17) is 14.9 Å². The van der Waals surface area contributed by atoms with Crippen LogP contribution in [0.25, 0.3) is 11.2 Å². The summed E-state index contributed by atoms with van der Waals surface area (Å²) in [6.45, 7) is 4.34. The molecule has 0 saturated carbocycles. The molecule has 102 valence electrons. The van der Waals surface area contributed by atoms with Gasteiger partial charge in [-0.15, -0.1) is 0 Å². The van der Waals surface area contributed by atoms with Crippen LogP contribution in [0.4, 0.5) is 5.69 Å². The normalized spacial score (nSPS) is 10.9. The van der Waals surface area contributed by atoms with Crippen LogP contribution in [-0.2, 0) is 6.61 Å². The molecule has 0 saturated heterocycles. The van der Waals surface area contributed by atoms with Crippen LogP contribution in [0.15, 0.2) is 34.9 Å². The Bertz CT molecular complexity index is 765. The van der Waals surface area contributed by atoms with Crippen LogP contribution in [0.1, 0.15) is 17.0 Å². The van der Waals surface area contributed by atoms with Crippen LogP contribution < -0.4 is 10.5 Å². The van der Waals surface area contributed by atoms with E-state index in [2.05, 4.69) is 9.97 Å². The molecule has 5 nitrogen and oxygen atoms in total. The Labute approximate surface area is 116 Å². The molecule has 0 bridgehead atoms. The summed E-state index contributed by atoms with van der Waals surface area (Å²) < 4.78 is 11.3. The van der Waals surface area contributed by atoms with Gasteiger partial charge in [-0.2, -0.15) is 0 Å². The summed E-state index contributed by atoms with van der Waals surface area (Å²) in [5.41, 5.74) is 9.64. The second-order valence-electron chi connectivity index (χ2n) is 4.69. The average Bonchev–Trinajstić information content (AvgIpc) is 2.82. The van der Waals surface area contributed by atoms with Crippen molar-refractivity contribution < 1.29 is 9.15 Å². The summed E-state index contributed by atoms with van der Waals surface area (Å²) in [6, 6.07) is 7.68. The molecule has 0 fully saturated rings. The van der Waals surface area contributed by atoms with Gasteiger partial charge >= 0.3 is 0 Å². The number of anilines is 1. The zero-order chi connectivity index (χ0) is 14.1. The number of nitrogens with zero attached hydrogens (tertiary/aromatic N) is 2. The number of aryl methyl sites for hydroxylation is 1. The largest absolute Gasteiger partial charge is 0.484 e. The monoisotopic (exact) mass is 269 g/mol. The number of benzene rings is 1. The highest BCUT2D eigenvalue weighted by Gasteiger charge is 2.09. The predicted octanol–water partition coefficient (Wildman–Crippen LogP) is 3.00. The molecule has 0 atom stereocenters. The molecule has 0 unspecified atom stereocenters. The lowest BCUT2D eigenvalue weighted by Gasteiger charge is -2.08. The fourth-order valence-corrected chi connectivity index (χ4v) is 1.97. The highest BCUT2D eigenvalue weighted by atomic mass is 16.5. The molecule has 3 aromatic rings. The summed E-state index contributed by atoms with van der Waals surface area (Å²) in [7, 11) is 0. The average molecular weight is 269 g/mol. The van der Waals surface area contributed by atoms with E-state index >= 15 is 0 Å². The second kappa shape index (κ2) is 4.85. The van der Waals surface area contributed by atoms with Crippen molar-refractivity contribution in [3.63, 3.8) is 0 Å². The van der Waals surface area contributed by atoms with Crippen LogP contribution in [0.2, 0.25) is 0 Å². The zero-order valence-corrected chi connectivity index (χ0v) is 11.4. The van der Waals surface area contributed by atoms with Crippen LogP contribution in [-0.4, -0.2) is 9.97 Å². The van der Waals surface area contributed by atoms with Crippen molar-refractivity contribution in [2.45, 2.75) is 20.5 Å². The summed E-state index contributed by atoms with van der Waals surface area (Å²) >= 11 is 0. The molecule has 0 aliphatic carbocycles. The lowest BCUT2D eigenvalue weighted by Crippen LogP contribution is -1.98. The Balaban J connectivity index is 1.81. The van der Waals surface area contributed by atoms with Crippen molar-refractivity contribution in [1.82, 2.24) is 9.97 Å². The van der Waals surface area contributed by atoms with E-state index in [0.717, 1.165) is 11.3 Å². The minimum atomic E-state index is 0.264. The molecular weight excluding hydrogens is 254 g/mol. The van der Waals surface area contributed by atoms with Gasteiger partial charge in [0, 0.05) is 0 Å². The number of pyridine rings is 1. The fraction of sp³-hybridized carbons (Fsp3) is 0.200. The number of oxazole rings is 1. The number of nitrogens with two attached hydrogens (primary N) is 1. The number of hydrogen-bond acceptors (Lipinski definition) is 5. The quantitative estimate of drug-likeness (QED) is 0.791. The summed E-state index contributed by atoms with van der Waals surface area (Å²) in [5, 5.41) is 0. The van der Waals surface area contributed by atoms with Crippen LogP contribution in [0.5, 0.6) is 5.75 Å². The number of aromatic nitrogens is 2. The van der Waals surface area contributed by atoms with Crippen molar-refractivity contribution in [2.24, 2.45) is 0 Å². The van der Waals surface area contributed by atoms with Gasteiger partial charge in [0.2, 0.25) is 11.6 Å². The van der Waals surface area contributed by atoms with Gasteiger partial charge in [0.25, 0.3) is 0 Å². The summed E-state index contributed by atoms with van der Waals surface area (Å²) in [5.74, 6) is 1.32. The first-order valence-corrected chi connectivity index (χ1v) is 6.33. The van der Waals surface area contributed by atoms with Crippen LogP contribution >= 0.6 is 0 Å². The number of nitrogen functional groups attached to an aromatic ring is 1. The van der Waals surface area contributed by atoms with Crippen molar-refractivity contribution in [3.8, 4) is 5.75 Å². The van der Waals surface area contributed by atoms with E-state index in [1.165, 1.54) is 5.56 Å². The molecule has 1 aromatic carbocycles. The molecule has 5 heteroatoms. The maximum absolute atomic E-state index is 5.75. The van der Waals surface area contributed by atoms with Crippen LogP contribution in [0, 0.1) is 13.8 Å². The van der Waals surface area contributed by atoms with E-state index in [-0.39, 0.29) is 6.61 Å². The smallest absolute Gasteiger partial charge is 0.247 e. The van der Waals surface area contributed by atoms with E-state index in [0.29, 0.717) is 22.8 Å². The van der Waals surface area contributed by atoms with Gasteiger partial charge in [-0.1, -0.05) is 12.1 Å². The first kappa shape index (κ1) is 12.5. The Morgan fingerprint density at radius 1 is 1.30 bits per heavy atom. The molecule has 2 heterocycles. The SMILES string of the molecule is Cc1cccc(OCc2nc3cc(N)cnc3o2)c1C. The van der Waals surface area contributed by atoms with Gasteiger partial charge < -0.3 is 14.9 Å². The standard InChI is InChI=1S/C15H15N3O2/c1-9-4-3-5-13(10(9)2)19-8-14-18-12-6-11(16)7-17-15(12)20-14/h3-7H,8,16H2,1-2H3. The van der Waals surface area contributed by atoms with E-state index in [1.807, 2.05) is 32.0 Å². The lowest BCUT2D eigenvalue weighted by molar-refractivity contribution is 0.265. The molecule has 0 aliphatic heterocycles. The first-order valence-electron chi connectivity index (χ1n) is 6.33. The van der Waals surface area contributed by atoms with Crippen LogP contribution in [0.3, 0.4) is 0 Å². The molecule has 3 rings (SSSR count).